The zero-order valence-corrected chi connectivity index (χ0v) is 20.2. The maximum absolute atomic E-state index is 12.7. The van der Waals surface area contributed by atoms with Crippen LogP contribution in [0.3, 0.4) is 0 Å². The van der Waals surface area contributed by atoms with E-state index in [9.17, 15) is 20.4 Å². The van der Waals surface area contributed by atoms with Gasteiger partial charge in [0.2, 0.25) is 5.79 Å². The monoisotopic (exact) mass is 503 g/mol. The molecule has 4 unspecified atom stereocenters. The number of hydrogen-bond acceptors (Lipinski definition) is 10. The largest absolute Gasteiger partial charge is 0.493 e. The van der Waals surface area contributed by atoms with E-state index in [1.807, 2.05) is 6.07 Å². The van der Waals surface area contributed by atoms with E-state index in [1.165, 1.54) is 12.8 Å². The molecule has 36 heavy (non-hydrogen) atoms. The van der Waals surface area contributed by atoms with Gasteiger partial charge in [-0.05, 0) is 56.2 Å². The fraction of sp³-hybridized carbons (Fsp3) is 0.769. The Balaban J connectivity index is 1.27. The second-order valence-electron chi connectivity index (χ2n) is 11.8. The summed E-state index contributed by atoms with van der Waals surface area (Å²) in [5.41, 5.74) is 0.292. The van der Waals surface area contributed by atoms with E-state index in [1.54, 1.807) is 7.11 Å². The number of likely N-dealkylation sites (tertiary alicyclic amines) is 1. The maximum atomic E-state index is 12.7. The molecule has 2 spiro atoms. The van der Waals surface area contributed by atoms with Crippen molar-refractivity contribution in [3.63, 3.8) is 0 Å². The van der Waals surface area contributed by atoms with Crippen molar-refractivity contribution in [2.24, 2.45) is 5.92 Å². The SMILES string of the molecule is COc1ccc2c3c1OC1[C@]4(CC[C@@]5(O)[C@@H](C2)N(CC2CC2)CC[C@]315)OC1OC(O)[C@@H](O)[C@H](O)C1O4. The molecule has 1 aromatic rings. The number of aliphatic hydroxyl groups is 4. The summed E-state index contributed by atoms with van der Waals surface area (Å²) in [6.07, 6.45) is -2.58. The molecular weight excluding hydrogens is 470 g/mol. The van der Waals surface area contributed by atoms with Crippen molar-refractivity contribution in [1.29, 1.82) is 0 Å². The highest BCUT2D eigenvalue weighted by Crippen LogP contribution is 2.69. The molecule has 3 saturated heterocycles. The fourth-order valence-electron chi connectivity index (χ4n) is 8.33. The van der Waals surface area contributed by atoms with Crippen molar-refractivity contribution in [3.8, 4) is 11.5 Å². The molecule has 2 saturated carbocycles. The lowest BCUT2D eigenvalue weighted by Gasteiger charge is -2.65. The van der Waals surface area contributed by atoms with Crippen LogP contribution in [-0.2, 0) is 26.0 Å². The van der Waals surface area contributed by atoms with Crippen LogP contribution in [0.15, 0.2) is 12.1 Å². The van der Waals surface area contributed by atoms with E-state index >= 15 is 0 Å². The molecule has 3 aliphatic carbocycles. The topological polar surface area (TPSA) is 130 Å². The van der Waals surface area contributed by atoms with Gasteiger partial charge in [0, 0.05) is 24.6 Å². The zero-order chi connectivity index (χ0) is 24.6. The van der Waals surface area contributed by atoms with Crippen LogP contribution >= 0.6 is 0 Å². The number of ether oxygens (including phenoxy) is 5. The van der Waals surface area contributed by atoms with Crippen LogP contribution in [0.1, 0.15) is 43.2 Å². The fourth-order valence-corrected chi connectivity index (χ4v) is 8.33. The van der Waals surface area contributed by atoms with Gasteiger partial charge < -0.3 is 44.1 Å². The molecule has 8 rings (SSSR count). The van der Waals surface area contributed by atoms with Gasteiger partial charge in [-0.1, -0.05) is 6.07 Å². The molecule has 10 heteroatoms. The third-order valence-electron chi connectivity index (χ3n) is 10.1. The Hall–Kier alpha value is -1.50. The van der Waals surface area contributed by atoms with Crippen LogP contribution in [0.5, 0.6) is 11.5 Å². The summed E-state index contributed by atoms with van der Waals surface area (Å²) in [7, 11) is 1.61. The molecule has 5 fully saturated rings. The summed E-state index contributed by atoms with van der Waals surface area (Å²) in [4.78, 5) is 2.48. The Morgan fingerprint density at radius 2 is 1.92 bits per heavy atom. The summed E-state index contributed by atoms with van der Waals surface area (Å²) >= 11 is 0. The molecule has 1 aromatic carbocycles. The second-order valence-corrected chi connectivity index (χ2v) is 11.8. The summed E-state index contributed by atoms with van der Waals surface area (Å²) in [6.45, 7) is 1.84. The lowest BCUT2D eigenvalue weighted by Crippen LogP contribution is -2.79. The number of nitrogens with zero attached hydrogens (tertiary/aromatic N) is 1. The third-order valence-corrected chi connectivity index (χ3v) is 10.1. The molecule has 2 bridgehead atoms. The van der Waals surface area contributed by atoms with Gasteiger partial charge in [0.1, 0.15) is 18.3 Å². The molecule has 7 aliphatic rings. The van der Waals surface area contributed by atoms with Gasteiger partial charge in [0.15, 0.2) is 30.2 Å². The van der Waals surface area contributed by atoms with Crippen molar-refractivity contribution in [1.82, 2.24) is 4.90 Å². The Morgan fingerprint density at radius 3 is 2.69 bits per heavy atom. The van der Waals surface area contributed by atoms with Crippen LogP contribution in [0.4, 0.5) is 0 Å². The minimum absolute atomic E-state index is 0.0451. The Kier molecular flexibility index (Phi) is 4.45. The first-order valence-corrected chi connectivity index (χ1v) is 13.2. The zero-order valence-electron chi connectivity index (χ0n) is 20.2. The average molecular weight is 504 g/mol. The van der Waals surface area contributed by atoms with E-state index in [-0.39, 0.29) is 6.04 Å². The number of fused-ring (bicyclic) bond motifs is 2. The first kappa shape index (κ1) is 22.5. The van der Waals surface area contributed by atoms with Crippen molar-refractivity contribution in [2.45, 2.75) is 98.4 Å². The van der Waals surface area contributed by atoms with Crippen LogP contribution < -0.4 is 9.47 Å². The van der Waals surface area contributed by atoms with Crippen LogP contribution in [0, 0.1) is 5.92 Å². The third kappa shape index (κ3) is 2.55. The molecule has 4 N–H and O–H groups in total. The second kappa shape index (κ2) is 7.12. The van der Waals surface area contributed by atoms with E-state index in [0.29, 0.717) is 36.7 Å². The molecule has 0 amide bonds. The van der Waals surface area contributed by atoms with E-state index < -0.39 is 53.8 Å². The minimum Gasteiger partial charge on any atom is -0.493 e. The smallest absolute Gasteiger partial charge is 0.210 e. The number of piperidine rings is 1. The minimum atomic E-state index is -1.59. The highest BCUT2D eigenvalue weighted by Gasteiger charge is 2.79. The summed E-state index contributed by atoms with van der Waals surface area (Å²) in [5, 5.41) is 43.7. The van der Waals surface area contributed by atoms with Crippen LogP contribution in [-0.4, -0.2) is 100.0 Å². The summed E-state index contributed by atoms with van der Waals surface area (Å²) in [5.74, 6) is 0.611. The molecular formula is C26H33NO9. The number of aliphatic hydroxyl groups excluding tert-OH is 3. The predicted octanol–water partition coefficient (Wildman–Crippen LogP) is -0.232. The van der Waals surface area contributed by atoms with Gasteiger partial charge in [-0.2, -0.15) is 0 Å². The van der Waals surface area contributed by atoms with E-state index in [2.05, 4.69) is 11.0 Å². The highest BCUT2D eigenvalue weighted by molar-refractivity contribution is 5.63. The molecule has 0 aromatic heterocycles. The van der Waals surface area contributed by atoms with Crippen LogP contribution in [0.2, 0.25) is 0 Å². The summed E-state index contributed by atoms with van der Waals surface area (Å²) in [6, 6.07) is 3.97. The van der Waals surface area contributed by atoms with E-state index in [0.717, 1.165) is 30.6 Å². The molecule has 4 aliphatic heterocycles. The predicted molar refractivity (Wildman–Crippen MR) is 121 cm³/mol. The Bertz CT molecular complexity index is 1110. The standard InChI is InChI=1S/C26H33NO9/c1-32-14-5-4-13-10-15-25(31)6-7-26(35-20-17(28)18(29)21(30)34-22(20)36-26)23-24(25,16(13)19(14)33-23)8-9-27(15)11-12-2-3-12/h4-5,12,15,17-18,20-23,28-31H,2-3,6-11H2,1H3/t15-,17+,18+,20?,21?,22?,23?,24+,25-,26+/m1/s1. The number of rotatable bonds is 3. The number of methoxy groups -OCH3 is 1. The lowest BCUT2D eigenvalue weighted by molar-refractivity contribution is -0.328. The van der Waals surface area contributed by atoms with Crippen molar-refractivity contribution >= 4 is 0 Å². The van der Waals surface area contributed by atoms with Crippen molar-refractivity contribution < 1.29 is 44.1 Å². The molecule has 0 radical (unpaired) electrons. The molecule has 10 atom stereocenters. The van der Waals surface area contributed by atoms with Gasteiger partial charge in [-0.3, -0.25) is 4.90 Å². The van der Waals surface area contributed by atoms with Gasteiger partial charge in [-0.15, -0.1) is 0 Å². The van der Waals surface area contributed by atoms with Gasteiger partial charge in [0.05, 0.1) is 18.1 Å². The van der Waals surface area contributed by atoms with Crippen molar-refractivity contribution in [2.75, 3.05) is 20.2 Å². The van der Waals surface area contributed by atoms with Crippen molar-refractivity contribution in [3.05, 3.63) is 23.3 Å². The van der Waals surface area contributed by atoms with Gasteiger partial charge >= 0.3 is 0 Å². The summed E-state index contributed by atoms with van der Waals surface area (Å²) < 4.78 is 30.7. The normalized spacial score (nSPS) is 50.5. The number of benzene rings is 1. The lowest BCUT2D eigenvalue weighted by atomic mass is 9.48. The molecule has 196 valence electrons. The maximum Gasteiger partial charge on any atom is 0.210 e. The molecule has 4 heterocycles. The Morgan fingerprint density at radius 1 is 1.08 bits per heavy atom. The van der Waals surface area contributed by atoms with Gasteiger partial charge in [-0.25, -0.2) is 0 Å². The van der Waals surface area contributed by atoms with Gasteiger partial charge in [0.25, 0.3) is 0 Å². The highest BCUT2D eigenvalue weighted by atomic mass is 16.9. The van der Waals surface area contributed by atoms with Crippen LogP contribution in [0.25, 0.3) is 0 Å². The quantitative estimate of drug-likeness (QED) is 0.439. The molecule has 10 nitrogen and oxygen atoms in total. The van der Waals surface area contributed by atoms with E-state index in [4.69, 9.17) is 23.7 Å². The average Bonchev–Trinajstić information content (AvgIpc) is 3.49. The number of hydrogen-bond donors (Lipinski definition) is 4. The first-order chi connectivity index (χ1) is 17.3. The first-order valence-electron chi connectivity index (χ1n) is 13.2. The Labute approximate surface area is 208 Å².